The number of halogens is 3. The van der Waals surface area contributed by atoms with E-state index >= 15 is 0 Å². The van der Waals surface area contributed by atoms with Gasteiger partial charge in [0.05, 0.1) is 13.2 Å². The Morgan fingerprint density at radius 1 is 1.10 bits per heavy atom. The lowest BCUT2D eigenvalue weighted by Crippen LogP contribution is -2.38. The molecule has 0 unspecified atom stereocenters. The number of ether oxygens (including phenoxy) is 2. The zero-order chi connectivity index (χ0) is 14.8. The molecule has 0 N–H and O–H groups in total. The molecule has 1 heterocycles. The molecule has 1 aliphatic rings. The van der Waals surface area contributed by atoms with Crippen LogP contribution in [0.5, 0.6) is 0 Å². The normalized spacial score (nSPS) is 24.6. The Bertz CT molecular complexity index is 535. The fraction of sp³-hybridized carbons (Fsp3) is 0.455. The highest BCUT2D eigenvalue weighted by Gasteiger charge is 2.49. The Labute approximate surface area is 113 Å². The molecule has 112 valence electrons. The van der Waals surface area contributed by atoms with Gasteiger partial charge in [0.25, 0.3) is 0 Å². The van der Waals surface area contributed by atoms with Crippen LogP contribution in [0.3, 0.4) is 0 Å². The number of benzene rings is 1. The van der Waals surface area contributed by atoms with E-state index < -0.39 is 28.0 Å². The van der Waals surface area contributed by atoms with Crippen molar-refractivity contribution in [3.05, 3.63) is 35.9 Å². The molecule has 2 rings (SSSR count). The minimum absolute atomic E-state index is 0.311. The molecule has 1 saturated heterocycles. The fourth-order valence-corrected chi connectivity index (χ4v) is 2.16. The summed E-state index contributed by atoms with van der Waals surface area (Å²) in [4.78, 5) is 0. The maximum Gasteiger partial charge on any atom is 0.523 e. The lowest BCUT2D eigenvalue weighted by Gasteiger charge is -2.29. The summed E-state index contributed by atoms with van der Waals surface area (Å²) in [5.41, 5.74) is -4.77. The van der Waals surface area contributed by atoms with Crippen LogP contribution in [-0.2, 0) is 23.8 Å². The number of alkyl halides is 3. The van der Waals surface area contributed by atoms with Crippen molar-refractivity contribution in [3.8, 4) is 0 Å². The Balaban J connectivity index is 1.93. The summed E-state index contributed by atoms with van der Waals surface area (Å²) < 4.78 is 72.4. The third-order valence-electron chi connectivity index (χ3n) is 2.48. The summed E-state index contributed by atoms with van der Waals surface area (Å²) in [5.74, 6) is 0. The zero-order valence-electron chi connectivity index (χ0n) is 10.0. The quantitative estimate of drug-likeness (QED) is 0.631. The van der Waals surface area contributed by atoms with Crippen LogP contribution in [0.25, 0.3) is 0 Å². The van der Waals surface area contributed by atoms with Crippen molar-refractivity contribution in [1.82, 2.24) is 0 Å². The number of hydrogen-bond donors (Lipinski definition) is 0. The largest absolute Gasteiger partial charge is 0.523 e. The van der Waals surface area contributed by atoms with Gasteiger partial charge in [-0.3, -0.25) is 4.18 Å². The first-order chi connectivity index (χ1) is 9.29. The van der Waals surface area contributed by atoms with E-state index in [0.29, 0.717) is 5.56 Å². The Morgan fingerprint density at radius 3 is 2.15 bits per heavy atom. The van der Waals surface area contributed by atoms with Crippen LogP contribution in [0.4, 0.5) is 13.2 Å². The molecule has 1 aromatic rings. The molecule has 20 heavy (non-hydrogen) atoms. The zero-order valence-corrected chi connectivity index (χ0v) is 10.9. The second-order valence-electron chi connectivity index (χ2n) is 4.03. The van der Waals surface area contributed by atoms with Crippen LogP contribution >= 0.6 is 0 Å². The molecular weight excluding hydrogens is 301 g/mol. The third-order valence-corrected chi connectivity index (χ3v) is 3.58. The summed E-state index contributed by atoms with van der Waals surface area (Å²) in [5, 5.41) is 0. The molecule has 0 saturated carbocycles. The molecule has 0 amide bonds. The van der Waals surface area contributed by atoms with Gasteiger partial charge in [0.15, 0.2) is 6.29 Å². The van der Waals surface area contributed by atoms with Gasteiger partial charge in [0, 0.05) is 5.56 Å². The van der Waals surface area contributed by atoms with E-state index in [4.69, 9.17) is 9.47 Å². The first kappa shape index (κ1) is 15.2. The van der Waals surface area contributed by atoms with Gasteiger partial charge in [-0.25, -0.2) is 0 Å². The average molecular weight is 312 g/mol. The van der Waals surface area contributed by atoms with Gasteiger partial charge in [0.1, 0.15) is 6.10 Å². The van der Waals surface area contributed by atoms with Crippen LogP contribution in [-0.4, -0.2) is 33.2 Å². The van der Waals surface area contributed by atoms with E-state index in [-0.39, 0.29) is 13.2 Å². The first-order valence-corrected chi connectivity index (χ1v) is 6.98. The smallest absolute Gasteiger partial charge is 0.346 e. The standard InChI is InChI=1S/C11H11F3O5S/c12-11(13,14)20(15,16)19-9-6-17-10(18-7-9)8-4-2-1-3-5-8/h1-5,9-10H,6-7H2. The van der Waals surface area contributed by atoms with E-state index in [1.165, 1.54) is 0 Å². The molecule has 0 aliphatic carbocycles. The van der Waals surface area contributed by atoms with E-state index in [9.17, 15) is 21.6 Å². The molecule has 9 heteroatoms. The Morgan fingerprint density at radius 2 is 1.65 bits per heavy atom. The van der Waals surface area contributed by atoms with E-state index in [1.54, 1.807) is 30.3 Å². The van der Waals surface area contributed by atoms with Crippen LogP contribution < -0.4 is 0 Å². The van der Waals surface area contributed by atoms with Crippen molar-refractivity contribution < 1.29 is 35.2 Å². The molecule has 0 radical (unpaired) electrons. The van der Waals surface area contributed by atoms with Crippen LogP contribution in [0.15, 0.2) is 30.3 Å². The topological polar surface area (TPSA) is 61.8 Å². The number of rotatable bonds is 3. The predicted octanol–water partition coefficient (Wildman–Crippen LogP) is 1.97. The number of hydrogen-bond acceptors (Lipinski definition) is 5. The van der Waals surface area contributed by atoms with Crippen molar-refractivity contribution in [2.75, 3.05) is 13.2 Å². The Kier molecular flexibility index (Phi) is 4.33. The molecule has 0 aromatic heterocycles. The van der Waals surface area contributed by atoms with E-state index in [1.807, 2.05) is 0 Å². The van der Waals surface area contributed by atoms with Crippen molar-refractivity contribution >= 4 is 10.1 Å². The highest BCUT2D eigenvalue weighted by atomic mass is 32.2. The molecule has 0 spiro atoms. The van der Waals surface area contributed by atoms with Crippen LogP contribution in [0.1, 0.15) is 11.9 Å². The Hall–Kier alpha value is -1.16. The molecule has 1 aromatic carbocycles. The van der Waals surface area contributed by atoms with Gasteiger partial charge in [-0.1, -0.05) is 30.3 Å². The molecular formula is C11H11F3O5S. The van der Waals surface area contributed by atoms with Gasteiger partial charge >= 0.3 is 15.6 Å². The minimum Gasteiger partial charge on any atom is -0.346 e. The van der Waals surface area contributed by atoms with Gasteiger partial charge in [-0.15, -0.1) is 0 Å². The van der Waals surface area contributed by atoms with Gasteiger partial charge in [-0.05, 0) is 0 Å². The van der Waals surface area contributed by atoms with Crippen molar-refractivity contribution in [3.63, 3.8) is 0 Å². The summed E-state index contributed by atoms with van der Waals surface area (Å²) in [6, 6.07) is 8.72. The molecule has 0 bridgehead atoms. The van der Waals surface area contributed by atoms with Crippen LogP contribution in [0.2, 0.25) is 0 Å². The molecule has 1 fully saturated rings. The second-order valence-corrected chi connectivity index (χ2v) is 5.59. The van der Waals surface area contributed by atoms with Crippen molar-refractivity contribution in [2.45, 2.75) is 17.9 Å². The van der Waals surface area contributed by atoms with Gasteiger partial charge in [0.2, 0.25) is 0 Å². The fourth-order valence-electron chi connectivity index (χ4n) is 1.58. The average Bonchev–Trinajstić information content (AvgIpc) is 2.39. The van der Waals surface area contributed by atoms with Crippen molar-refractivity contribution in [1.29, 1.82) is 0 Å². The SMILES string of the molecule is O=S(=O)(OC1COC(c2ccccc2)OC1)C(F)(F)F. The van der Waals surface area contributed by atoms with Crippen LogP contribution in [0, 0.1) is 0 Å². The van der Waals surface area contributed by atoms with Gasteiger partial charge < -0.3 is 9.47 Å². The summed E-state index contributed by atoms with van der Waals surface area (Å²) in [7, 11) is -5.64. The van der Waals surface area contributed by atoms with E-state index in [0.717, 1.165) is 0 Å². The second kappa shape index (κ2) is 5.68. The summed E-state index contributed by atoms with van der Waals surface area (Å²) >= 11 is 0. The lowest BCUT2D eigenvalue weighted by molar-refractivity contribution is -0.216. The predicted molar refractivity (Wildman–Crippen MR) is 60.9 cm³/mol. The molecule has 1 aliphatic heterocycles. The maximum absolute atomic E-state index is 12.1. The van der Waals surface area contributed by atoms with Crippen molar-refractivity contribution in [2.24, 2.45) is 0 Å². The monoisotopic (exact) mass is 312 g/mol. The maximum atomic E-state index is 12.1. The highest BCUT2D eigenvalue weighted by Crippen LogP contribution is 2.29. The molecule has 0 atom stereocenters. The summed E-state index contributed by atoms with van der Waals surface area (Å²) in [6.45, 7) is -0.621. The lowest BCUT2D eigenvalue weighted by atomic mass is 10.2. The summed E-state index contributed by atoms with van der Waals surface area (Å²) in [6.07, 6.45) is -2.06. The van der Waals surface area contributed by atoms with Gasteiger partial charge in [-0.2, -0.15) is 21.6 Å². The third kappa shape index (κ3) is 3.48. The van der Waals surface area contributed by atoms with E-state index in [2.05, 4.69) is 4.18 Å². The molecule has 5 nitrogen and oxygen atoms in total. The highest BCUT2D eigenvalue weighted by molar-refractivity contribution is 7.87. The first-order valence-electron chi connectivity index (χ1n) is 5.57. The minimum atomic E-state index is -5.64.